The Morgan fingerprint density at radius 2 is 1.70 bits per heavy atom. The van der Waals surface area contributed by atoms with Crippen molar-refractivity contribution < 1.29 is 14.3 Å². The van der Waals surface area contributed by atoms with Gasteiger partial charge in [-0.3, -0.25) is 9.59 Å². The number of benzene rings is 2. The van der Waals surface area contributed by atoms with Crippen LogP contribution in [0.5, 0.6) is 5.75 Å². The van der Waals surface area contributed by atoms with E-state index in [1.807, 2.05) is 0 Å². The normalized spacial score (nSPS) is 11.0. The molecule has 0 radical (unpaired) electrons. The van der Waals surface area contributed by atoms with E-state index in [1.165, 1.54) is 13.2 Å². The zero-order valence-electron chi connectivity index (χ0n) is 12.4. The van der Waals surface area contributed by atoms with Gasteiger partial charge < -0.3 is 15.8 Å². The van der Waals surface area contributed by atoms with Gasteiger partial charge in [0.15, 0.2) is 0 Å². The van der Waals surface area contributed by atoms with Crippen LogP contribution in [0.4, 0.5) is 0 Å². The third-order valence-electron chi connectivity index (χ3n) is 3.05. The third kappa shape index (κ3) is 4.59. The minimum atomic E-state index is -0.734. The van der Waals surface area contributed by atoms with Crippen LogP contribution < -0.4 is 15.8 Å². The summed E-state index contributed by atoms with van der Waals surface area (Å²) in [5.41, 5.74) is 6.39. The number of methoxy groups -OCH3 is 1. The van der Waals surface area contributed by atoms with Crippen molar-refractivity contribution in [1.82, 2.24) is 5.32 Å². The van der Waals surface area contributed by atoms with Gasteiger partial charge in [0.2, 0.25) is 0 Å². The van der Waals surface area contributed by atoms with Gasteiger partial charge in [0.1, 0.15) is 11.4 Å². The molecular formula is C17H15ClN2O3. The summed E-state index contributed by atoms with van der Waals surface area (Å²) in [7, 11) is 1.54. The fourth-order valence-electron chi connectivity index (χ4n) is 1.83. The first-order chi connectivity index (χ1) is 11.0. The average molecular weight is 331 g/mol. The maximum atomic E-state index is 12.2. The van der Waals surface area contributed by atoms with Gasteiger partial charge in [-0.1, -0.05) is 23.7 Å². The molecule has 23 heavy (non-hydrogen) atoms. The summed E-state index contributed by atoms with van der Waals surface area (Å²) in [6.45, 7) is 0. The van der Waals surface area contributed by atoms with Crippen molar-refractivity contribution in [2.45, 2.75) is 0 Å². The molecule has 0 saturated carbocycles. The van der Waals surface area contributed by atoms with Crippen LogP contribution in [0.3, 0.4) is 0 Å². The Kier molecular flexibility index (Phi) is 5.38. The van der Waals surface area contributed by atoms with E-state index in [4.69, 9.17) is 22.1 Å². The summed E-state index contributed by atoms with van der Waals surface area (Å²) < 4.78 is 5.03. The number of hydrogen-bond acceptors (Lipinski definition) is 3. The molecule has 0 saturated heterocycles. The van der Waals surface area contributed by atoms with Crippen molar-refractivity contribution in [2.24, 2.45) is 5.73 Å². The summed E-state index contributed by atoms with van der Waals surface area (Å²) in [4.78, 5) is 23.7. The van der Waals surface area contributed by atoms with Crippen molar-refractivity contribution in [3.05, 3.63) is 70.4 Å². The highest BCUT2D eigenvalue weighted by molar-refractivity contribution is 6.30. The van der Waals surface area contributed by atoms with Gasteiger partial charge in [0.25, 0.3) is 11.8 Å². The maximum Gasteiger partial charge on any atom is 0.265 e. The number of hydrogen-bond donors (Lipinski definition) is 2. The number of nitrogens with one attached hydrogen (secondary N) is 1. The van der Waals surface area contributed by atoms with E-state index in [-0.39, 0.29) is 5.70 Å². The van der Waals surface area contributed by atoms with E-state index in [9.17, 15) is 9.59 Å². The molecule has 0 aromatic heterocycles. The molecule has 0 aliphatic heterocycles. The van der Waals surface area contributed by atoms with Gasteiger partial charge in [-0.15, -0.1) is 0 Å². The first-order valence-corrected chi connectivity index (χ1v) is 7.10. The Morgan fingerprint density at radius 3 is 2.22 bits per heavy atom. The average Bonchev–Trinajstić information content (AvgIpc) is 2.56. The lowest BCUT2D eigenvalue weighted by Crippen LogP contribution is -2.31. The molecule has 0 bridgehead atoms. The Balaban J connectivity index is 2.19. The first-order valence-electron chi connectivity index (χ1n) is 6.72. The Labute approximate surface area is 138 Å². The number of amides is 2. The van der Waals surface area contributed by atoms with Crippen molar-refractivity contribution in [3.63, 3.8) is 0 Å². The highest BCUT2D eigenvalue weighted by Gasteiger charge is 2.12. The highest BCUT2D eigenvalue weighted by Crippen LogP contribution is 2.13. The topological polar surface area (TPSA) is 81.4 Å². The van der Waals surface area contributed by atoms with E-state index in [1.54, 1.807) is 48.5 Å². The van der Waals surface area contributed by atoms with Gasteiger partial charge in [0.05, 0.1) is 7.11 Å². The number of nitrogens with two attached hydrogens (primary N) is 1. The lowest BCUT2D eigenvalue weighted by molar-refractivity contribution is -0.114. The molecule has 2 amide bonds. The van der Waals surface area contributed by atoms with Crippen LogP contribution in [0.2, 0.25) is 5.02 Å². The summed E-state index contributed by atoms with van der Waals surface area (Å²) in [6.07, 6.45) is 1.49. The van der Waals surface area contributed by atoms with Crippen LogP contribution in [0, 0.1) is 0 Å². The van der Waals surface area contributed by atoms with Crippen LogP contribution in [-0.4, -0.2) is 18.9 Å². The SMILES string of the molecule is COc1ccc(C(=O)N/C(=C/c2ccc(Cl)cc2)C(N)=O)cc1. The number of carbonyl (C=O) groups excluding carboxylic acids is 2. The number of rotatable bonds is 5. The van der Waals surface area contributed by atoms with Crippen LogP contribution in [0.25, 0.3) is 6.08 Å². The second kappa shape index (κ2) is 7.47. The summed E-state index contributed by atoms with van der Waals surface area (Å²) in [5, 5.41) is 3.08. The Morgan fingerprint density at radius 1 is 1.09 bits per heavy atom. The summed E-state index contributed by atoms with van der Waals surface area (Å²) >= 11 is 5.81. The van der Waals surface area contributed by atoms with Crippen molar-refractivity contribution >= 4 is 29.5 Å². The van der Waals surface area contributed by atoms with Gasteiger partial charge in [-0.25, -0.2) is 0 Å². The Bertz CT molecular complexity index is 737. The minimum absolute atomic E-state index is 0.00635. The van der Waals surface area contributed by atoms with Crippen LogP contribution in [0.15, 0.2) is 54.2 Å². The number of halogens is 1. The molecule has 6 heteroatoms. The molecule has 3 N–H and O–H groups in total. The standard InChI is InChI=1S/C17H15ClN2O3/c1-23-14-8-4-12(5-9-14)17(22)20-15(16(19)21)10-11-2-6-13(18)7-3-11/h2-10H,1H3,(H2,19,21)(H,20,22)/b15-10+. The van der Waals surface area contributed by atoms with E-state index < -0.39 is 11.8 Å². The van der Waals surface area contributed by atoms with Crippen molar-refractivity contribution in [3.8, 4) is 5.75 Å². The van der Waals surface area contributed by atoms with E-state index >= 15 is 0 Å². The van der Waals surface area contributed by atoms with Gasteiger partial charge in [-0.2, -0.15) is 0 Å². The molecule has 0 aliphatic rings. The molecule has 2 rings (SSSR count). The monoisotopic (exact) mass is 330 g/mol. The number of ether oxygens (including phenoxy) is 1. The van der Waals surface area contributed by atoms with Crippen LogP contribution in [-0.2, 0) is 4.79 Å². The number of primary amides is 1. The third-order valence-corrected chi connectivity index (χ3v) is 3.30. The molecule has 5 nitrogen and oxygen atoms in total. The van der Waals surface area contributed by atoms with Gasteiger partial charge in [0, 0.05) is 10.6 Å². The van der Waals surface area contributed by atoms with E-state index in [0.717, 1.165) is 0 Å². The second-order valence-corrected chi connectivity index (χ2v) is 5.09. The Hall–Kier alpha value is -2.79. The zero-order chi connectivity index (χ0) is 16.8. The minimum Gasteiger partial charge on any atom is -0.497 e. The van der Waals surface area contributed by atoms with Crippen LogP contribution >= 0.6 is 11.6 Å². The van der Waals surface area contributed by atoms with E-state index in [2.05, 4.69) is 5.32 Å². The van der Waals surface area contributed by atoms with Crippen molar-refractivity contribution in [2.75, 3.05) is 7.11 Å². The molecule has 0 fully saturated rings. The first kappa shape index (κ1) is 16.6. The fraction of sp³-hybridized carbons (Fsp3) is 0.0588. The van der Waals surface area contributed by atoms with Crippen molar-refractivity contribution in [1.29, 1.82) is 0 Å². The lowest BCUT2D eigenvalue weighted by atomic mass is 10.1. The molecule has 118 valence electrons. The molecule has 0 unspecified atom stereocenters. The predicted octanol–water partition coefficient (Wildman–Crippen LogP) is 2.60. The molecular weight excluding hydrogens is 316 g/mol. The fourth-order valence-corrected chi connectivity index (χ4v) is 1.96. The molecule has 0 atom stereocenters. The van der Waals surface area contributed by atoms with Crippen LogP contribution in [0.1, 0.15) is 15.9 Å². The number of carbonyl (C=O) groups is 2. The summed E-state index contributed by atoms with van der Waals surface area (Å²) in [5.74, 6) is -0.540. The molecule has 0 aliphatic carbocycles. The zero-order valence-corrected chi connectivity index (χ0v) is 13.1. The molecule has 0 heterocycles. The van der Waals surface area contributed by atoms with E-state index in [0.29, 0.717) is 21.9 Å². The largest absolute Gasteiger partial charge is 0.497 e. The molecule has 2 aromatic carbocycles. The molecule has 0 spiro atoms. The smallest absolute Gasteiger partial charge is 0.265 e. The quantitative estimate of drug-likeness (QED) is 0.827. The van der Waals surface area contributed by atoms with Gasteiger partial charge in [-0.05, 0) is 48.0 Å². The lowest BCUT2D eigenvalue weighted by Gasteiger charge is -2.08. The van der Waals surface area contributed by atoms with Gasteiger partial charge >= 0.3 is 0 Å². The maximum absolute atomic E-state index is 12.2. The highest BCUT2D eigenvalue weighted by atomic mass is 35.5. The summed E-state index contributed by atoms with van der Waals surface area (Å²) in [6, 6.07) is 13.3. The predicted molar refractivity (Wildman–Crippen MR) is 89.1 cm³/mol. The second-order valence-electron chi connectivity index (χ2n) is 4.66. The molecule has 2 aromatic rings.